The number of alkyl halides is 3. The molecule has 0 aliphatic heterocycles. The number of methoxy groups -OCH3 is 1. The molecule has 7 heteroatoms. The van der Waals surface area contributed by atoms with Crippen molar-refractivity contribution in [2.75, 3.05) is 20.2 Å². The predicted octanol–water partition coefficient (Wildman–Crippen LogP) is 2.72. The summed E-state index contributed by atoms with van der Waals surface area (Å²) in [4.78, 5) is 11.6. The SMILES string of the molecule is COc1ccc(Br)cc1CC(=O)CNCC(F)(F)F. The minimum atomic E-state index is -4.31. The summed E-state index contributed by atoms with van der Waals surface area (Å²) in [7, 11) is 1.47. The van der Waals surface area contributed by atoms with E-state index in [1.165, 1.54) is 7.11 Å². The molecule has 0 unspecified atom stereocenters. The molecular formula is C12H13BrF3NO2. The Bertz CT molecular complexity index is 449. The first-order valence-electron chi connectivity index (χ1n) is 5.43. The van der Waals surface area contributed by atoms with E-state index in [9.17, 15) is 18.0 Å². The second kappa shape index (κ2) is 6.91. The van der Waals surface area contributed by atoms with Crippen LogP contribution in [0.5, 0.6) is 5.75 Å². The van der Waals surface area contributed by atoms with Crippen molar-refractivity contribution in [2.45, 2.75) is 12.6 Å². The zero-order valence-electron chi connectivity index (χ0n) is 10.2. The Kier molecular flexibility index (Phi) is 5.81. The predicted molar refractivity (Wildman–Crippen MR) is 68.3 cm³/mol. The molecule has 1 rings (SSSR count). The third-order valence-corrected chi connectivity index (χ3v) is 2.77. The first-order chi connectivity index (χ1) is 8.81. The van der Waals surface area contributed by atoms with Gasteiger partial charge in [-0.3, -0.25) is 4.79 Å². The molecular weight excluding hydrogens is 327 g/mol. The Morgan fingerprint density at radius 1 is 1.42 bits per heavy atom. The molecule has 0 fully saturated rings. The molecule has 0 atom stereocenters. The van der Waals surface area contributed by atoms with Crippen molar-refractivity contribution in [1.29, 1.82) is 0 Å². The second-order valence-electron chi connectivity index (χ2n) is 3.89. The lowest BCUT2D eigenvalue weighted by Crippen LogP contribution is -2.33. The quantitative estimate of drug-likeness (QED) is 0.866. The van der Waals surface area contributed by atoms with Gasteiger partial charge in [-0.2, -0.15) is 13.2 Å². The van der Waals surface area contributed by atoms with Crippen LogP contribution < -0.4 is 10.1 Å². The maximum atomic E-state index is 11.9. The molecule has 0 amide bonds. The fraction of sp³-hybridized carbons (Fsp3) is 0.417. The van der Waals surface area contributed by atoms with Crippen LogP contribution in [0.3, 0.4) is 0 Å². The number of ether oxygens (including phenoxy) is 1. The van der Waals surface area contributed by atoms with Gasteiger partial charge in [-0.15, -0.1) is 0 Å². The maximum Gasteiger partial charge on any atom is 0.401 e. The van der Waals surface area contributed by atoms with Crippen molar-refractivity contribution in [3.8, 4) is 5.75 Å². The molecule has 0 heterocycles. The average molecular weight is 340 g/mol. The summed E-state index contributed by atoms with van der Waals surface area (Å²) in [5.41, 5.74) is 0.635. The molecule has 106 valence electrons. The molecule has 19 heavy (non-hydrogen) atoms. The third kappa shape index (κ3) is 6.07. The molecule has 0 aliphatic rings. The molecule has 0 saturated heterocycles. The van der Waals surface area contributed by atoms with E-state index in [1.54, 1.807) is 18.2 Å². The van der Waals surface area contributed by atoms with Gasteiger partial charge >= 0.3 is 6.18 Å². The highest BCUT2D eigenvalue weighted by Gasteiger charge is 2.26. The van der Waals surface area contributed by atoms with Crippen LogP contribution in [0.25, 0.3) is 0 Å². The van der Waals surface area contributed by atoms with Gasteiger partial charge in [0.2, 0.25) is 0 Å². The third-order valence-electron chi connectivity index (χ3n) is 2.28. The summed E-state index contributed by atoms with van der Waals surface area (Å²) < 4.78 is 41.6. The number of nitrogens with one attached hydrogen (secondary N) is 1. The molecule has 1 aromatic carbocycles. The van der Waals surface area contributed by atoms with E-state index in [2.05, 4.69) is 21.2 Å². The lowest BCUT2D eigenvalue weighted by molar-refractivity contribution is -0.127. The standard InChI is InChI=1S/C12H13BrF3NO2/c1-19-11-3-2-9(13)4-8(11)5-10(18)6-17-7-12(14,15)16/h2-4,17H,5-7H2,1H3. The molecule has 1 aromatic rings. The number of hydrogen-bond donors (Lipinski definition) is 1. The van der Waals surface area contributed by atoms with Crippen LogP contribution in [-0.4, -0.2) is 32.2 Å². The van der Waals surface area contributed by atoms with E-state index in [0.717, 1.165) is 4.47 Å². The summed E-state index contributed by atoms with van der Waals surface area (Å²) in [6.45, 7) is -1.50. The number of benzene rings is 1. The molecule has 1 N–H and O–H groups in total. The van der Waals surface area contributed by atoms with Crippen molar-refractivity contribution in [1.82, 2.24) is 5.32 Å². The fourth-order valence-electron chi connectivity index (χ4n) is 1.50. The number of carbonyl (C=O) groups is 1. The van der Waals surface area contributed by atoms with Crippen LogP contribution in [0, 0.1) is 0 Å². The second-order valence-corrected chi connectivity index (χ2v) is 4.81. The molecule has 3 nitrogen and oxygen atoms in total. The first kappa shape index (κ1) is 16.0. The fourth-order valence-corrected chi connectivity index (χ4v) is 1.91. The van der Waals surface area contributed by atoms with Crippen molar-refractivity contribution < 1.29 is 22.7 Å². The highest BCUT2D eigenvalue weighted by molar-refractivity contribution is 9.10. The smallest absolute Gasteiger partial charge is 0.401 e. The summed E-state index contributed by atoms with van der Waals surface area (Å²) in [6, 6.07) is 5.16. The van der Waals surface area contributed by atoms with E-state index in [0.29, 0.717) is 11.3 Å². The van der Waals surface area contributed by atoms with Gasteiger partial charge in [0.15, 0.2) is 5.78 Å². The number of ketones is 1. The molecule has 0 aliphatic carbocycles. The van der Waals surface area contributed by atoms with Gasteiger partial charge in [0, 0.05) is 16.5 Å². The maximum absolute atomic E-state index is 11.9. The summed E-state index contributed by atoms with van der Waals surface area (Å²) >= 11 is 3.26. The molecule has 0 spiro atoms. The molecule has 0 bridgehead atoms. The molecule has 0 aromatic heterocycles. The van der Waals surface area contributed by atoms with Gasteiger partial charge in [-0.1, -0.05) is 15.9 Å². The largest absolute Gasteiger partial charge is 0.496 e. The van der Waals surface area contributed by atoms with E-state index < -0.39 is 12.7 Å². The number of carbonyl (C=O) groups excluding carboxylic acids is 1. The molecule has 0 radical (unpaired) electrons. The van der Waals surface area contributed by atoms with Crippen LogP contribution in [-0.2, 0) is 11.2 Å². The van der Waals surface area contributed by atoms with Crippen molar-refractivity contribution >= 4 is 21.7 Å². The number of Topliss-reactive ketones (excluding diaryl/α,β-unsaturated/α-hetero) is 1. The Balaban J connectivity index is 2.55. The number of rotatable bonds is 6. The van der Waals surface area contributed by atoms with Gasteiger partial charge in [0.05, 0.1) is 20.2 Å². The zero-order valence-corrected chi connectivity index (χ0v) is 11.8. The van der Waals surface area contributed by atoms with Crippen LogP contribution in [0.4, 0.5) is 13.2 Å². The monoisotopic (exact) mass is 339 g/mol. The van der Waals surface area contributed by atoms with Gasteiger partial charge < -0.3 is 10.1 Å². The number of hydrogen-bond acceptors (Lipinski definition) is 3. The first-order valence-corrected chi connectivity index (χ1v) is 6.22. The van der Waals surface area contributed by atoms with E-state index in [-0.39, 0.29) is 18.7 Å². The lowest BCUT2D eigenvalue weighted by atomic mass is 10.1. The van der Waals surface area contributed by atoms with Crippen LogP contribution >= 0.6 is 15.9 Å². The Hall–Kier alpha value is -1.08. The average Bonchev–Trinajstić information content (AvgIpc) is 2.27. The highest BCUT2D eigenvalue weighted by atomic mass is 79.9. The Labute approximate surface area is 117 Å². The summed E-state index contributed by atoms with van der Waals surface area (Å²) in [6.07, 6.45) is -4.29. The van der Waals surface area contributed by atoms with Crippen LogP contribution in [0.2, 0.25) is 0 Å². The molecule has 0 saturated carbocycles. The van der Waals surface area contributed by atoms with Gasteiger partial charge in [-0.05, 0) is 18.2 Å². The normalized spacial score (nSPS) is 11.4. The van der Waals surface area contributed by atoms with Crippen LogP contribution in [0.1, 0.15) is 5.56 Å². The van der Waals surface area contributed by atoms with Crippen molar-refractivity contribution in [3.63, 3.8) is 0 Å². The van der Waals surface area contributed by atoms with Crippen molar-refractivity contribution in [3.05, 3.63) is 28.2 Å². The summed E-state index contributed by atoms with van der Waals surface area (Å²) in [5, 5.41) is 2.07. The summed E-state index contributed by atoms with van der Waals surface area (Å²) in [5.74, 6) is 0.202. The minimum absolute atomic E-state index is 0.0213. The highest BCUT2D eigenvalue weighted by Crippen LogP contribution is 2.23. The number of halogens is 4. The van der Waals surface area contributed by atoms with Gasteiger partial charge in [0.25, 0.3) is 0 Å². The Morgan fingerprint density at radius 3 is 2.68 bits per heavy atom. The lowest BCUT2D eigenvalue weighted by Gasteiger charge is -2.10. The van der Waals surface area contributed by atoms with E-state index >= 15 is 0 Å². The van der Waals surface area contributed by atoms with Gasteiger partial charge in [-0.25, -0.2) is 0 Å². The topological polar surface area (TPSA) is 38.3 Å². The van der Waals surface area contributed by atoms with E-state index in [4.69, 9.17) is 4.74 Å². The van der Waals surface area contributed by atoms with Crippen LogP contribution in [0.15, 0.2) is 22.7 Å². The van der Waals surface area contributed by atoms with E-state index in [1.807, 2.05) is 0 Å². The minimum Gasteiger partial charge on any atom is -0.496 e. The van der Waals surface area contributed by atoms with Gasteiger partial charge in [0.1, 0.15) is 5.75 Å². The van der Waals surface area contributed by atoms with Crippen molar-refractivity contribution in [2.24, 2.45) is 0 Å². The zero-order chi connectivity index (χ0) is 14.5. The Morgan fingerprint density at radius 2 is 2.11 bits per heavy atom.